The Hall–Kier alpha value is -2.05. The third-order valence-corrected chi connectivity index (χ3v) is 2.76. The molecule has 7 heteroatoms. The van der Waals surface area contributed by atoms with Crippen LogP contribution in [0.3, 0.4) is 0 Å². The molecule has 1 aliphatic rings. The maximum atomic E-state index is 12.6. The van der Waals surface area contributed by atoms with Gasteiger partial charge in [0.05, 0.1) is 0 Å². The zero-order chi connectivity index (χ0) is 14.0. The number of hydrogen-bond acceptors (Lipinski definition) is 3. The van der Waals surface area contributed by atoms with E-state index in [2.05, 4.69) is 10.3 Å². The van der Waals surface area contributed by atoms with E-state index in [1.165, 1.54) is 0 Å². The van der Waals surface area contributed by atoms with Gasteiger partial charge in [-0.25, -0.2) is 9.78 Å². The van der Waals surface area contributed by atoms with Crippen molar-refractivity contribution in [2.75, 3.05) is 5.32 Å². The molecule has 2 N–H and O–H groups in total. The normalized spacial score (nSPS) is 15.7. The summed E-state index contributed by atoms with van der Waals surface area (Å²) in [6.07, 6.45) is 0.437. The second-order valence-corrected chi connectivity index (χ2v) is 4.18. The molecule has 1 heterocycles. The molecule has 4 nitrogen and oxygen atoms in total. The van der Waals surface area contributed by atoms with Crippen LogP contribution in [0.1, 0.15) is 28.9 Å². The quantitative estimate of drug-likeness (QED) is 0.830. The molecule has 0 amide bonds. The Morgan fingerprint density at radius 1 is 1.32 bits per heavy atom. The molecule has 0 spiro atoms. The van der Waals surface area contributed by atoms with Crippen LogP contribution in [0.4, 0.5) is 19.0 Å². The van der Waals surface area contributed by atoms with E-state index in [9.17, 15) is 18.0 Å². The summed E-state index contributed by atoms with van der Waals surface area (Å²) in [7, 11) is 0. The van der Waals surface area contributed by atoms with Crippen molar-refractivity contribution < 1.29 is 23.1 Å². The molecule has 19 heavy (non-hydrogen) atoms. The number of hydrogen-bond donors (Lipinski definition) is 2. The second kappa shape index (κ2) is 4.91. The number of anilines is 1. The smallest absolute Gasteiger partial charge is 0.433 e. The molecule has 0 unspecified atom stereocenters. The highest BCUT2D eigenvalue weighted by molar-refractivity contribution is 5.93. The number of rotatable bonds is 3. The molecule has 0 saturated carbocycles. The number of carbonyl (C=O) groups is 1. The molecule has 1 aromatic rings. The zero-order valence-corrected chi connectivity index (χ0v) is 9.74. The monoisotopic (exact) mass is 272 g/mol. The molecule has 0 saturated heterocycles. The van der Waals surface area contributed by atoms with E-state index >= 15 is 0 Å². The Morgan fingerprint density at radius 3 is 2.47 bits per heavy atom. The van der Waals surface area contributed by atoms with E-state index in [1.54, 1.807) is 0 Å². The average Bonchev–Trinajstić information content (AvgIpc) is 2.80. The lowest BCUT2D eigenvalue weighted by Crippen LogP contribution is -2.20. The van der Waals surface area contributed by atoms with E-state index in [4.69, 9.17) is 5.11 Å². The fourth-order valence-electron chi connectivity index (χ4n) is 1.83. The lowest BCUT2D eigenvalue weighted by molar-refractivity contribution is -0.141. The molecule has 0 atom stereocenters. The minimum absolute atomic E-state index is 0.117. The molecular formula is C12H11F3N2O2. The summed E-state index contributed by atoms with van der Waals surface area (Å²) in [4.78, 5) is 14.4. The van der Waals surface area contributed by atoms with Gasteiger partial charge in [-0.1, -0.05) is 12.2 Å². The predicted octanol–water partition coefficient (Wildman–Crippen LogP) is 2.93. The summed E-state index contributed by atoms with van der Waals surface area (Å²) in [5.74, 6) is -1.55. The summed E-state index contributed by atoms with van der Waals surface area (Å²) in [6.45, 7) is 0. The molecule has 1 aliphatic carbocycles. The summed E-state index contributed by atoms with van der Waals surface area (Å²) in [5, 5.41) is 11.7. The van der Waals surface area contributed by atoms with Crippen LogP contribution < -0.4 is 5.32 Å². The highest BCUT2D eigenvalue weighted by Crippen LogP contribution is 2.30. The van der Waals surface area contributed by atoms with Crippen LogP contribution in [0.15, 0.2) is 24.3 Å². The first-order valence-corrected chi connectivity index (χ1v) is 5.61. The highest BCUT2D eigenvalue weighted by Gasteiger charge is 2.33. The van der Waals surface area contributed by atoms with Gasteiger partial charge >= 0.3 is 12.1 Å². The molecule has 0 aromatic carbocycles. The number of halogens is 3. The molecule has 2 rings (SSSR count). The predicted molar refractivity (Wildman–Crippen MR) is 62.0 cm³/mol. The standard InChI is InChI=1S/C12H11F3N2O2/c13-12(14,15)9-6-5-8(11(18)19)10(17-9)16-7-3-1-2-4-7/h1-2,5-7H,3-4H2,(H,16,17)(H,18,19). The lowest BCUT2D eigenvalue weighted by atomic mass is 10.2. The van der Waals surface area contributed by atoms with Crippen molar-refractivity contribution in [2.45, 2.75) is 25.1 Å². The van der Waals surface area contributed by atoms with Gasteiger partial charge in [0.1, 0.15) is 17.1 Å². The van der Waals surface area contributed by atoms with Crippen molar-refractivity contribution in [3.8, 4) is 0 Å². The van der Waals surface area contributed by atoms with E-state index < -0.39 is 17.8 Å². The van der Waals surface area contributed by atoms with Crippen LogP contribution >= 0.6 is 0 Å². The fourth-order valence-corrected chi connectivity index (χ4v) is 1.83. The lowest BCUT2D eigenvalue weighted by Gasteiger charge is -2.16. The van der Waals surface area contributed by atoms with Gasteiger partial charge in [-0.15, -0.1) is 0 Å². The largest absolute Gasteiger partial charge is 0.478 e. The maximum absolute atomic E-state index is 12.6. The van der Waals surface area contributed by atoms with Gasteiger partial charge in [-0.2, -0.15) is 13.2 Å². The number of carboxylic acid groups (broad SMARTS) is 1. The van der Waals surface area contributed by atoms with Crippen LogP contribution in [0.25, 0.3) is 0 Å². The molecule has 102 valence electrons. The van der Waals surface area contributed by atoms with Crippen molar-refractivity contribution >= 4 is 11.8 Å². The van der Waals surface area contributed by atoms with Crippen LogP contribution in [0.5, 0.6) is 0 Å². The van der Waals surface area contributed by atoms with Crippen molar-refractivity contribution in [3.63, 3.8) is 0 Å². The fraction of sp³-hybridized carbons (Fsp3) is 0.333. The molecule has 0 bridgehead atoms. The number of nitrogens with one attached hydrogen (secondary N) is 1. The summed E-state index contributed by atoms with van der Waals surface area (Å²) in [5.41, 5.74) is -1.37. The van der Waals surface area contributed by atoms with E-state index in [0.717, 1.165) is 6.07 Å². The summed E-state index contributed by atoms with van der Waals surface area (Å²) in [6, 6.07) is 1.47. The van der Waals surface area contributed by atoms with Gasteiger partial charge in [0, 0.05) is 6.04 Å². The van der Waals surface area contributed by atoms with Crippen LogP contribution in [0.2, 0.25) is 0 Å². The van der Waals surface area contributed by atoms with Gasteiger partial charge in [0.2, 0.25) is 0 Å². The first kappa shape index (κ1) is 13.4. The van der Waals surface area contributed by atoms with Crippen molar-refractivity contribution in [2.24, 2.45) is 0 Å². The van der Waals surface area contributed by atoms with Crippen LogP contribution in [-0.2, 0) is 6.18 Å². The number of aromatic nitrogens is 1. The number of alkyl halides is 3. The zero-order valence-electron chi connectivity index (χ0n) is 9.74. The minimum atomic E-state index is -4.60. The second-order valence-electron chi connectivity index (χ2n) is 4.18. The third-order valence-electron chi connectivity index (χ3n) is 2.76. The van der Waals surface area contributed by atoms with Gasteiger partial charge in [0.15, 0.2) is 0 Å². The first-order chi connectivity index (χ1) is 8.88. The Morgan fingerprint density at radius 2 is 1.95 bits per heavy atom. The van der Waals surface area contributed by atoms with Crippen molar-refractivity contribution in [1.29, 1.82) is 0 Å². The van der Waals surface area contributed by atoms with E-state index in [1.807, 2.05) is 12.2 Å². The average molecular weight is 272 g/mol. The molecule has 0 fully saturated rings. The topological polar surface area (TPSA) is 62.2 Å². The van der Waals surface area contributed by atoms with Gasteiger partial charge in [-0.05, 0) is 25.0 Å². The Bertz CT molecular complexity index is 518. The highest BCUT2D eigenvalue weighted by atomic mass is 19.4. The molecule has 0 radical (unpaired) electrons. The first-order valence-electron chi connectivity index (χ1n) is 5.61. The van der Waals surface area contributed by atoms with Gasteiger partial charge in [0.25, 0.3) is 0 Å². The van der Waals surface area contributed by atoms with Crippen molar-refractivity contribution in [1.82, 2.24) is 4.98 Å². The van der Waals surface area contributed by atoms with Crippen LogP contribution in [-0.4, -0.2) is 22.1 Å². The Balaban J connectivity index is 2.33. The third kappa shape index (κ3) is 3.04. The Labute approximate surface area is 107 Å². The molecule has 0 aliphatic heterocycles. The van der Waals surface area contributed by atoms with E-state index in [-0.39, 0.29) is 17.4 Å². The van der Waals surface area contributed by atoms with Gasteiger partial charge < -0.3 is 10.4 Å². The molecular weight excluding hydrogens is 261 g/mol. The van der Waals surface area contributed by atoms with Crippen LogP contribution in [0, 0.1) is 0 Å². The number of carboxylic acids is 1. The number of aromatic carboxylic acids is 1. The summed E-state index contributed by atoms with van der Waals surface area (Å²) < 4.78 is 37.7. The Kier molecular flexibility index (Phi) is 3.46. The van der Waals surface area contributed by atoms with E-state index in [0.29, 0.717) is 18.9 Å². The SMILES string of the molecule is O=C(O)c1ccc(C(F)(F)F)nc1NC1CC=CC1. The number of nitrogens with zero attached hydrogens (tertiary/aromatic N) is 1. The van der Waals surface area contributed by atoms with Gasteiger partial charge in [-0.3, -0.25) is 0 Å². The summed E-state index contributed by atoms with van der Waals surface area (Å²) >= 11 is 0. The molecule has 1 aromatic heterocycles. The number of pyridine rings is 1. The van der Waals surface area contributed by atoms with Crippen molar-refractivity contribution in [3.05, 3.63) is 35.5 Å². The minimum Gasteiger partial charge on any atom is -0.478 e. The maximum Gasteiger partial charge on any atom is 0.433 e.